The standard InChI is InChI=1S/C10H12ClN5/c1-2-3-4-8-13-9(11)15-10(14-8)16-6-5-12-7-16/h5-7H,2-4H2,1H3. The summed E-state index contributed by atoms with van der Waals surface area (Å²) in [5.74, 6) is 1.24. The zero-order valence-corrected chi connectivity index (χ0v) is 9.72. The quantitative estimate of drug-likeness (QED) is 0.817. The monoisotopic (exact) mass is 237 g/mol. The van der Waals surface area contributed by atoms with E-state index in [4.69, 9.17) is 11.6 Å². The van der Waals surface area contributed by atoms with Crippen molar-refractivity contribution in [3.05, 3.63) is 29.8 Å². The molecule has 16 heavy (non-hydrogen) atoms. The van der Waals surface area contributed by atoms with Gasteiger partial charge in [-0.25, -0.2) is 9.97 Å². The summed E-state index contributed by atoms with van der Waals surface area (Å²) in [7, 11) is 0. The molecule has 0 aliphatic carbocycles. The molecule has 0 saturated carbocycles. The van der Waals surface area contributed by atoms with E-state index < -0.39 is 0 Å². The van der Waals surface area contributed by atoms with Crippen molar-refractivity contribution in [2.45, 2.75) is 26.2 Å². The normalized spacial score (nSPS) is 10.6. The molecule has 0 radical (unpaired) electrons. The first-order chi connectivity index (χ1) is 7.79. The zero-order chi connectivity index (χ0) is 11.4. The molecule has 2 heterocycles. The lowest BCUT2D eigenvalue weighted by Crippen LogP contribution is -2.05. The van der Waals surface area contributed by atoms with Crippen molar-refractivity contribution in [2.24, 2.45) is 0 Å². The predicted octanol–water partition coefficient (Wildman–Crippen LogP) is 2.05. The number of aryl methyl sites for hydroxylation is 1. The molecule has 0 N–H and O–H groups in total. The van der Waals surface area contributed by atoms with Gasteiger partial charge in [-0.15, -0.1) is 0 Å². The second-order valence-corrected chi connectivity index (χ2v) is 3.73. The molecule has 6 heteroatoms. The molecule has 2 aromatic heterocycles. The van der Waals surface area contributed by atoms with E-state index in [0.717, 1.165) is 25.1 Å². The molecular weight excluding hydrogens is 226 g/mol. The largest absolute Gasteiger partial charge is 0.274 e. The summed E-state index contributed by atoms with van der Waals surface area (Å²) in [6, 6.07) is 0. The fourth-order valence-corrected chi connectivity index (χ4v) is 1.49. The second-order valence-electron chi connectivity index (χ2n) is 3.39. The first-order valence-corrected chi connectivity index (χ1v) is 5.56. The first-order valence-electron chi connectivity index (χ1n) is 5.18. The van der Waals surface area contributed by atoms with Crippen LogP contribution in [0.4, 0.5) is 0 Å². The molecule has 0 aliphatic heterocycles. The van der Waals surface area contributed by atoms with Gasteiger partial charge in [-0.1, -0.05) is 13.3 Å². The molecule has 0 bridgehead atoms. The van der Waals surface area contributed by atoms with E-state index in [2.05, 4.69) is 26.9 Å². The van der Waals surface area contributed by atoms with E-state index in [1.807, 2.05) is 0 Å². The number of hydrogen-bond acceptors (Lipinski definition) is 4. The highest BCUT2D eigenvalue weighted by atomic mass is 35.5. The van der Waals surface area contributed by atoms with Crippen molar-refractivity contribution >= 4 is 11.6 Å². The fraction of sp³-hybridized carbons (Fsp3) is 0.400. The van der Waals surface area contributed by atoms with E-state index in [0.29, 0.717) is 5.95 Å². The molecule has 5 nitrogen and oxygen atoms in total. The number of unbranched alkanes of at least 4 members (excludes halogenated alkanes) is 1. The van der Waals surface area contributed by atoms with Gasteiger partial charge < -0.3 is 0 Å². The number of halogens is 1. The van der Waals surface area contributed by atoms with Crippen LogP contribution < -0.4 is 0 Å². The van der Waals surface area contributed by atoms with Gasteiger partial charge in [0.05, 0.1) is 0 Å². The van der Waals surface area contributed by atoms with Crippen LogP contribution >= 0.6 is 11.6 Å². The highest BCUT2D eigenvalue weighted by molar-refractivity contribution is 6.28. The number of imidazole rings is 1. The van der Waals surface area contributed by atoms with Crippen LogP contribution in [0.15, 0.2) is 18.7 Å². The molecule has 0 amide bonds. The van der Waals surface area contributed by atoms with E-state index in [1.165, 1.54) is 0 Å². The third kappa shape index (κ3) is 2.55. The molecule has 0 saturated heterocycles. The molecule has 0 fully saturated rings. The lowest BCUT2D eigenvalue weighted by Gasteiger charge is -2.03. The Morgan fingerprint density at radius 2 is 2.19 bits per heavy atom. The Labute approximate surface area is 98.5 Å². The van der Waals surface area contributed by atoms with Crippen LogP contribution in [0.25, 0.3) is 5.95 Å². The highest BCUT2D eigenvalue weighted by Crippen LogP contribution is 2.08. The summed E-state index contributed by atoms with van der Waals surface area (Å²) >= 11 is 5.85. The zero-order valence-electron chi connectivity index (χ0n) is 8.97. The van der Waals surface area contributed by atoms with Gasteiger partial charge in [0.15, 0.2) is 0 Å². The number of aromatic nitrogens is 5. The molecule has 0 atom stereocenters. The predicted molar refractivity (Wildman–Crippen MR) is 60.6 cm³/mol. The highest BCUT2D eigenvalue weighted by Gasteiger charge is 2.05. The van der Waals surface area contributed by atoms with Crippen LogP contribution in [-0.4, -0.2) is 24.5 Å². The summed E-state index contributed by atoms with van der Waals surface area (Å²) < 4.78 is 1.71. The topological polar surface area (TPSA) is 56.5 Å². The molecule has 84 valence electrons. The van der Waals surface area contributed by atoms with Crippen molar-refractivity contribution in [3.8, 4) is 5.95 Å². The van der Waals surface area contributed by atoms with E-state index >= 15 is 0 Å². The molecule has 0 aliphatic rings. The van der Waals surface area contributed by atoms with Crippen molar-refractivity contribution in [3.63, 3.8) is 0 Å². The fourth-order valence-electron chi connectivity index (χ4n) is 1.32. The van der Waals surface area contributed by atoms with E-state index in [9.17, 15) is 0 Å². The lowest BCUT2D eigenvalue weighted by molar-refractivity contribution is 0.733. The number of hydrogen-bond donors (Lipinski definition) is 0. The Bertz CT molecular complexity index is 454. The van der Waals surface area contributed by atoms with Crippen LogP contribution in [0.3, 0.4) is 0 Å². The summed E-state index contributed by atoms with van der Waals surface area (Å²) in [5, 5.41) is 0.227. The van der Waals surface area contributed by atoms with Gasteiger partial charge in [0.25, 0.3) is 0 Å². The summed E-state index contributed by atoms with van der Waals surface area (Å²) in [6.07, 6.45) is 8.04. The van der Waals surface area contributed by atoms with Gasteiger partial charge in [-0.05, 0) is 18.0 Å². The van der Waals surface area contributed by atoms with E-state index in [-0.39, 0.29) is 5.28 Å². The van der Waals surface area contributed by atoms with Gasteiger partial charge in [-0.2, -0.15) is 9.97 Å². The molecule has 0 unspecified atom stereocenters. The number of rotatable bonds is 4. The Kier molecular flexibility index (Phi) is 3.46. The number of nitrogens with zero attached hydrogens (tertiary/aromatic N) is 5. The summed E-state index contributed by atoms with van der Waals surface area (Å²) in [5.41, 5.74) is 0. The lowest BCUT2D eigenvalue weighted by atomic mass is 10.2. The maximum absolute atomic E-state index is 5.85. The Hall–Kier alpha value is -1.49. The van der Waals surface area contributed by atoms with Crippen molar-refractivity contribution in [2.75, 3.05) is 0 Å². The van der Waals surface area contributed by atoms with Crippen LogP contribution in [-0.2, 0) is 6.42 Å². The maximum Gasteiger partial charge on any atom is 0.239 e. The molecule has 0 spiro atoms. The Morgan fingerprint density at radius 1 is 1.31 bits per heavy atom. The third-order valence-electron chi connectivity index (χ3n) is 2.13. The van der Waals surface area contributed by atoms with Gasteiger partial charge in [0.2, 0.25) is 11.2 Å². The Morgan fingerprint density at radius 3 is 2.88 bits per heavy atom. The van der Waals surface area contributed by atoms with Crippen LogP contribution in [0.5, 0.6) is 0 Å². The van der Waals surface area contributed by atoms with Crippen molar-refractivity contribution < 1.29 is 0 Å². The minimum Gasteiger partial charge on any atom is -0.274 e. The average Bonchev–Trinajstić information content (AvgIpc) is 2.79. The summed E-state index contributed by atoms with van der Waals surface area (Å²) in [6.45, 7) is 2.12. The van der Waals surface area contributed by atoms with Crippen molar-refractivity contribution in [1.29, 1.82) is 0 Å². The SMILES string of the molecule is CCCCc1nc(Cl)nc(-n2ccnc2)n1. The average molecular weight is 238 g/mol. The molecule has 2 aromatic rings. The second kappa shape index (κ2) is 5.03. The van der Waals surface area contributed by atoms with Crippen LogP contribution in [0.1, 0.15) is 25.6 Å². The van der Waals surface area contributed by atoms with Gasteiger partial charge in [0.1, 0.15) is 12.2 Å². The van der Waals surface area contributed by atoms with Gasteiger partial charge in [0, 0.05) is 18.8 Å². The summed E-state index contributed by atoms with van der Waals surface area (Å²) in [4.78, 5) is 16.4. The maximum atomic E-state index is 5.85. The third-order valence-corrected chi connectivity index (χ3v) is 2.30. The minimum absolute atomic E-state index is 0.227. The minimum atomic E-state index is 0.227. The van der Waals surface area contributed by atoms with Crippen molar-refractivity contribution in [1.82, 2.24) is 24.5 Å². The molecular formula is C10H12ClN5. The van der Waals surface area contributed by atoms with E-state index in [1.54, 1.807) is 23.3 Å². The molecule has 0 aromatic carbocycles. The first kappa shape index (κ1) is 11.0. The van der Waals surface area contributed by atoms with Crippen LogP contribution in [0, 0.1) is 0 Å². The van der Waals surface area contributed by atoms with Gasteiger partial charge in [-0.3, -0.25) is 4.57 Å². The smallest absolute Gasteiger partial charge is 0.239 e. The van der Waals surface area contributed by atoms with Gasteiger partial charge >= 0.3 is 0 Å². The Balaban J connectivity index is 2.29. The van der Waals surface area contributed by atoms with Crippen LogP contribution in [0.2, 0.25) is 5.28 Å². The molecule has 2 rings (SSSR count).